The van der Waals surface area contributed by atoms with Crippen molar-refractivity contribution in [2.24, 2.45) is 0 Å². The Labute approximate surface area is 79.2 Å². The van der Waals surface area contributed by atoms with Gasteiger partial charge in [0, 0.05) is 17.3 Å². The van der Waals surface area contributed by atoms with Gasteiger partial charge in [0.25, 0.3) is 0 Å². The second-order valence-corrected chi connectivity index (χ2v) is 3.31. The molecule has 12 heavy (non-hydrogen) atoms. The molecule has 0 fully saturated rings. The van der Waals surface area contributed by atoms with Gasteiger partial charge in [-0.2, -0.15) is 0 Å². The minimum atomic E-state index is -0.0807. The van der Waals surface area contributed by atoms with Crippen LogP contribution in [0.4, 0.5) is 0 Å². The van der Waals surface area contributed by atoms with E-state index >= 15 is 0 Å². The van der Waals surface area contributed by atoms with E-state index in [1.165, 1.54) is 0 Å². The molecule has 0 spiro atoms. The topological polar surface area (TPSA) is 53.4 Å². The Morgan fingerprint density at radius 3 is 2.75 bits per heavy atom. The zero-order valence-electron chi connectivity index (χ0n) is 6.50. The summed E-state index contributed by atoms with van der Waals surface area (Å²) in [6, 6.07) is 1.86. The lowest BCUT2D eigenvalue weighted by molar-refractivity contribution is 0.271. The van der Waals surface area contributed by atoms with Crippen molar-refractivity contribution in [2.75, 3.05) is 6.61 Å². The Morgan fingerprint density at radius 1 is 1.42 bits per heavy atom. The van der Waals surface area contributed by atoms with Gasteiger partial charge in [-0.05, 0) is 34.0 Å². The maximum atomic E-state index is 8.88. The molecular weight excluding hydrogens is 222 g/mol. The summed E-state index contributed by atoms with van der Waals surface area (Å²) in [6.45, 7) is -0.00620. The average molecular weight is 232 g/mol. The molecule has 66 valence electrons. The van der Waals surface area contributed by atoms with Crippen LogP contribution in [0.1, 0.15) is 11.3 Å². The van der Waals surface area contributed by atoms with E-state index in [2.05, 4.69) is 20.9 Å². The predicted molar refractivity (Wildman–Crippen MR) is 48.6 cm³/mol. The highest BCUT2D eigenvalue weighted by Gasteiger charge is 2.02. The summed E-state index contributed by atoms with van der Waals surface area (Å²) in [5.41, 5.74) is 1.52. The number of aromatic nitrogens is 1. The molecular formula is C8H10BrNO2. The third kappa shape index (κ3) is 2.27. The van der Waals surface area contributed by atoms with Crippen LogP contribution in [0.25, 0.3) is 0 Å². The van der Waals surface area contributed by atoms with Gasteiger partial charge in [-0.1, -0.05) is 0 Å². The molecule has 1 aromatic rings. The molecule has 0 aliphatic heterocycles. The number of aliphatic hydroxyl groups is 2. The maximum Gasteiger partial charge on any atom is 0.0855 e. The van der Waals surface area contributed by atoms with Crippen molar-refractivity contribution >= 4 is 15.9 Å². The first kappa shape index (κ1) is 9.64. The first-order valence-electron chi connectivity index (χ1n) is 3.63. The van der Waals surface area contributed by atoms with Crippen LogP contribution in [-0.4, -0.2) is 21.8 Å². The van der Waals surface area contributed by atoms with Crippen LogP contribution in [0.15, 0.2) is 16.7 Å². The van der Waals surface area contributed by atoms with Gasteiger partial charge < -0.3 is 10.2 Å². The van der Waals surface area contributed by atoms with Crippen molar-refractivity contribution in [2.45, 2.75) is 13.0 Å². The predicted octanol–water partition coefficient (Wildman–Crippen LogP) is 0.871. The fourth-order valence-corrected chi connectivity index (χ4v) is 1.37. The molecule has 1 heterocycles. The normalized spacial score (nSPS) is 10.2. The highest BCUT2D eigenvalue weighted by atomic mass is 79.9. The summed E-state index contributed by atoms with van der Waals surface area (Å²) in [7, 11) is 0. The lowest BCUT2D eigenvalue weighted by Crippen LogP contribution is -2.00. The summed E-state index contributed by atoms with van der Waals surface area (Å²) >= 11 is 3.27. The number of hydrogen-bond donors (Lipinski definition) is 2. The smallest absolute Gasteiger partial charge is 0.0855 e. The van der Waals surface area contributed by atoms with Gasteiger partial charge in [0.05, 0.1) is 12.3 Å². The number of halogens is 1. The molecule has 0 unspecified atom stereocenters. The maximum absolute atomic E-state index is 8.88. The zero-order chi connectivity index (χ0) is 8.97. The SMILES string of the molecule is OCCc1cc(Br)cnc1CO. The van der Waals surface area contributed by atoms with E-state index in [-0.39, 0.29) is 13.2 Å². The Kier molecular flexibility index (Phi) is 3.65. The Morgan fingerprint density at radius 2 is 2.17 bits per heavy atom. The van der Waals surface area contributed by atoms with Crippen LogP contribution in [0.3, 0.4) is 0 Å². The van der Waals surface area contributed by atoms with Gasteiger partial charge in [0.15, 0.2) is 0 Å². The molecule has 0 aliphatic carbocycles. The van der Waals surface area contributed by atoms with E-state index in [0.29, 0.717) is 12.1 Å². The van der Waals surface area contributed by atoms with E-state index in [4.69, 9.17) is 10.2 Å². The first-order valence-corrected chi connectivity index (χ1v) is 4.42. The minimum Gasteiger partial charge on any atom is -0.396 e. The van der Waals surface area contributed by atoms with Crippen LogP contribution in [0, 0.1) is 0 Å². The monoisotopic (exact) mass is 231 g/mol. The minimum absolute atomic E-state index is 0.0745. The van der Waals surface area contributed by atoms with Crippen LogP contribution < -0.4 is 0 Å². The number of pyridine rings is 1. The first-order chi connectivity index (χ1) is 5.77. The number of nitrogens with zero attached hydrogens (tertiary/aromatic N) is 1. The van der Waals surface area contributed by atoms with Crippen molar-refractivity contribution in [1.29, 1.82) is 0 Å². The summed E-state index contributed by atoms with van der Waals surface area (Å²) in [5.74, 6) is 0. The van der Waals surface area contributed by atoms with Crippen molar-refractivity contribution in [3.8, 4) is 0 Å². The van der Waals surface area contributed by atoms with E-state index in [0.717, 1.165) is 10.0 Å². The summed E-state index contributed by atoms with van der Waals surface area (Å²) < 4.78 is 0.864. The van der Waals surface area contributed by atoms with Crippen LogP contribution in [-0.2, 0) is 13.0 Å². The number of rotatable bonds is 3. The van der Waals surface area contributed by atoms with Crippen LogP contribution in [0.5, 0.6) is 0 Å². The van der Waals surface area contributed by atoms with E-state index in [9.17, 15) is 0 Å². The molecule has 0 bridgehead atoms. The molecule has 4 heteroatoms. The lowest BCUT2D eigenvalue weighted by Gasteiger charge is -2.04. The lowest BCUT2D eigenvalue weighted by atomic mass is 10.1. The largest absolute Gasteiger partial charge is 0.396 e. The summed E-state index contributed by atoms with van der Waals surface area (Å²) in [6.07, 6.45) is 2.16. The average Bonchev–Trinajstić information content (AvgIpc) is 2.05. The molecule has 0 aliphatic rings. The molecule has 1 aromatic heterocycles. The van der Waals surface area contributed by atoms with E-state index in [1.54, 1.807) is 6.20 Å². The number of aliphatic hydroxyl groups excluding tert-OH is 2. The third-order valence-corrected chi connectivity index (χ3v) is 1.99. The molecule has 0 radical (unpaired) electrons. The van der Waals surface area contributed by atoms with Crippen molar-refractivity contribution in [1.82, 2.24) is 4.98 Å². The Hall–Kier alpha value is -0.450. The highest BCUT2D eigenvalue weighted by Crippen LogP contribution is 2.14. The van der Waals surface area contributed by atoms with Crippen LogP contribution in [0.2, 0.25) is 0 Å². The Balaban J connectivity index is 2.95. The fourth-order valence-electron chi connectivity index (χ4n) is 0.989. The van der Waals surface area contributed by atoms with Crippen molar-refractivity contribution in [3.63, 3.8) is 0 Å². The fraction of sp³-hybridized carbons (Fsp3) is 0.375. The molecule has 3 nitrogen and oxygen atoms in total. The Bertz CT molecular complexity index is 265. The van der Waals surface area contributed by atoms with Gasteiger partial charge in [-0.15, -0.1) is 0 Å². The summed E-state index contributed by atoms with van der Waals surface area (Å²) in [4.78, 5) is 4.01. The van der Waals surface area contributed by atoms with Gasteiger partial charge in [-0.3, -0.25) is 4.98 Å². The second kappa shape index (κ2) is 4.54. The van der Waals surface area contributed by atoms with Crippen LogP contribution >= 0.6 is 15.9 Å². The van der Waals surface area contributed by atoms with Gasteiger partial charge in [-0.25, -0.2) is 0 Å². The van der Waals surface area contributed by atoms with Gasteiger partial charge in [0.1, 0.15) is 0 Å². The number of hydrogen-bond acceptors (Lipinski definition) is 3. The summed E-state index contributed by atoms with van der Waals surface area (Å²) in [5, 5.41) is 17.6. The standard InChI is InChI=1S/C8H10BrNO2/c9-7-3-6(1-2-11)8(5-12)10-4-7/h3-4,11-12H,1-2,5H2. The van der Waals surface area contributed by atoms with Gasteiger partial charge >= 0.3 is 0 Å². The highest BCUT2D eigenvalue weighted by molar-refractivity contribution is 9.10. The molecule has 0 atom stereocenters. The van der Waals surface area contributed by atoms with Crippen molar-refractivity contribution in [3.05, 3.63) is 28.0 Å². The molecule has 0 saturated heterocycles. The quantitative estimate of drug-likeness (QED) is 0.812. The third-order valence-electron chi connectivity index (χ3n) is 1.56. The molecule has 2 N–H and O–H groups in total. The van der Waals surface area contributed by atoms with E-state index in [1.807, 2.05) is 6.07 Å². The van der Waals surface area contributed by atoms with Gasteiger partial charge in [0.2, 0.25) is 0 Å². The molecule has 1 rings (SSSR count). The zero-order valence-corrected chi connectivity index (χ0v) is 8.08. The van der Waals surface area contributed by atoms with E-state index < -0.39 is 0 Å². The molecule has 0 amide bonds. The molecule has 0 saturated carbocycles. The second-order valence-electron chi connectivity index (χ2n) is 2.39. The van der Waals surface area contributed by atoms with Crippen molar-refractivity contribution < 1.29 is 10.2 Å². The molecule has 0 aromatic carbocycles.